The third-order valence-corrected chi connectivity index (χ3v) is 4.32. The molecule has 0 fully saturated rings. The number of amides is 1. The van der Waals surface area contributed by atoms with Crippen molar-refractivity contribution in [2.45, 2.75) is 20.0 Å². The minimum absolute atomic E-state index is 0.00823. The van der Waals surface area contributed by atoms with Crippen molar-refractivity contribution in [3.63, 3.8) is 0 Å². The zero-order chi connectivity index (χ0) is 16.8. The summed E-state index contributed by atoms with van der Waals surface area (Å²) in [6.07, 6.45) is 1.62. The first-order valence-corrected chi connectivity index (χ1v) is 8.66. The summed E-state index contributed by atoms with van der Waals surface area (Å²) in [5.41, 5.74) is 2.21. The van der Waals surface area contributed by atoms with Gasteiger partial charge in [-0.1, -0.05) is 12.1 Å². The normalized spacial score (nSPS) is 10.5. The Morgan fingerprint density at radius 3 is 2.83 bits per heavy atom. The van der Waals surface area contributed by atoms with Gasteiger partial charge in [0.1, 0.15) is 11.5 Å². The summed E-state index contributed by atoms with van der Waals surface area (Å²) in [4.78, 5) is 14.4. The van der Waals surface area contributed by atoms with Crippen molar-refractivity contribution in [1.82, 2.24) is 4.90 Å². The number of benzene rings is 1. The molecular weight excluding hydrogens is 322 g/mol. The summed E-state index contributed by atoms with van der Waals surface area (Å²) in [5, 5.41) is 4.05. The minimum Gasteiger partial charge on any atom is -0.484 e. The molecule has 0 aliphatic heterocycles. The predicted octanol–water partition coefficient (Wildman–Crippen LogP) is 4.26. The summed E-state index contributed by atoms with van der Waals surface area (Å²) >= 11 is 1.62. The quantitative estimate of drug-likeness (QED) is 0.645. The highest BCUT2D eigenvalue weighted by molar-refractivity contribution is 7.07. The Labute approximate surface area is 145 Å². The predicted molar refractivity (Wildman–Crippen MR) is 94.0 cm³/mol. The van der Waals surface area contributed by atoms with Gasteiger partial charge in [0, 0.05) is 6.54 Å². The second-order valence-corrected chi connectivity index (χ2v) is 6.35. The molecule has 0 aliphatic rings. The molecule has 2 heterocycles. The highest BCUT2D eigenvalue weighted by atomic mass is 32.1. The van der Waals surface area contributed by atoms with Crippen LogP contribution in [-0.2, 0) is 17.9 Å². The Balaban J connectivity index is 1.65. The van der Waals surface area contributed by atoms with Gasteiger partial charge in [-0.15, -0.1) is 0 Å². The van der Waals surface area contributed by atoms with Crippen molar-refractivity contribution in [2.75, 3.05) is 6.61 Å². The van der Waals surface area contributed by atoms with Gasteiger partial charge < -0.3 is 14.1 Å². The maximum atomic E-state index is 12.6. The van der Waals surface area contributed by atoms with Crippen LogP contribution in [0.1, 0.15) is 16.9 Å². The molecule has 2 aromatic heterocycles. The monoisotopic (exact) mass is 341 g/mol. The number of rotatable bonds is 7. The van der Waals surface area contributed by atoms with Crippen LogP contribution in [0.5, 0.6) is 5.75 Å². The van der Waals surface area contributed by atoms with Crippen LogP contribution in [0.15, 0.2) is 63.9 Å². The van der Waals surface area contributed by atoms with E-state index in [1.54, 1.807) is 22.5 Å². The van der Waals surface area contributed by atoms with Crippen molar-refractivity contribution in [2.24, 2.45) is 0 Å². The molecule has 0 unspecified atom stereocenters. The number of hydrogen-bond donors (Lipinski definition) is 0. The average molecular weight is 341 g/mol. The largest absolute Gasteiger partial charge is 0.484 e. The Morgan fingerprint density at radius 2 is 2.12 bits per heavy atom. The topological polar surface area (TPSA) is 42.7 Å². The van der Waals surface area contributed by atoms with Crippen LogP contribution in [0.25, 0.3) is 0 Å². The number of ether oxygens (including phenoxy) is 1. The van der Waals surface area contributed by atoms with E-state index in [0.717, 1.165) is 16.9 Å². The summed E-state index contributed by atoms with van der Waals surface area (Å²) in [5.74, 6) is 1.39. The zero-order valence-electron chi connectivity index (χ0n) is 13.5. The van der Waals surface area contributed by atoms with Crippen LogP contribution in [0.3, 0.4) is 0 Å². The lowest BCUT2D eigenvalue weighted by atomic mass is 10.2. The van der Waals surface area contributed by atoms with Crippen LogP contribution in [0.4, 0.5) is 0 Å². The van der Waals surface area contributed by atoms with Crippen LogP contribution in [-0.4, -0.2) is 17.4 Å². The first kappa shape index (κ1) is 16.3. The number of carbonyl (C=O) groups excluding carboxylic acids is 1. The van der Waals surface area contributed by atoms with E-state index in [2.05, 4.69) is 0 Å². The highest BCUT2D eigenvalue weighted by Gasteiger charge is 2.17. The van der Waals surface area contributed by atoms with E-state index in [1.807, 2.05) is 60.1 Å². The molecule has 24 heavy (non-hydrogen) atoms. The van der Waals surface area contributed by atoms with Gasteiger partial charge in [-0.25, -0.2) is 0 Å². The van der Waals surface area contributed by atoms with Gasteiger partial charge in [0.25, 0.3) is 5.91 Å². The zero-order valence-corrected chi connectivity index (χ0v) is 14.3. The maximum Gasteiger partial charge on any atom is 0.261 e. The summed E-state index contributed by atoms with van der Waals surface area (Å²) in [7, 11) is 0. The molecular formula is C19H19NO3S. The van der Waals surface area contributed by atoms with Crippen molar-refractivity contribution in [3.05, 3.63) is 76.4 Å². The van der Waals surface area contributed by atoms with Crippen LogP contribution in [0, 0.1) is 6.92 Å². The van der Waals surface area contributed by atoms with Crippen LogP contribution in [0.2, 0.25) is 0 Å². The standard InChI is InChI=1S/C19H19NO3S/c1-15-4-2-5-17(10-15)23-13-19(21)20(11-16-7-9-24-14-16)12-18-6-3-8-22-18/h2-10,14H,11-13H2,1H3. The van der Waals surface area contributed by atoms with E-state index in [4.69, 9.17) is 9.15 Å². The van der Waals surface area contributed by atoms with E-state index >= 15 is 0 Å². The SMILES string of the molecule is Cc1cccc(OCC(=O)N(Cc2ccsc2)Cc2ccco2)c1. The molecule has 0 aliphatic carbocycles. The molecule has 0 N–H and O–H groups in total. The molecule has 1 aromatic carbocycles. The van der Waals surface area contributed by atoms with Crippen molar-refractivity contribution in [1.29, 1.82) is 0 Å². The van der Waals surface area contributed by atoms with Crippen molar-refractivity contribution >= 4 is 17.2 Å². The average Bonchev–Trinajstić information content (AvgIpc) is 3.26. The molecule has 3 rings (SSSR count). The van der Waals surface area contributed by atoms with E-state index in [0.29, 0.717) is 18.8 Å². The van der Waals surface area contributed by atoms with E-state index in [-0.39, 0.29) is 12.5 Å². The first-order valence-electron chi connectivity index (χ1n) is 7.71. The molecule has 0 saturated heterocycles. The van der Waals surface area contributed by atoms with Crippen LogP contribution >= 0.6 is 11.3 Å². The lowest BCUT2D eigenvalue weighted by Gasteiger charge is -2.21. The van der Waals surface area contributed by atoms with Gasteiger partial charge >= 0.3 is 0 Å². The van der Waals surface area contributed by atoms with Gasteiger partial charge in [0.05, 0.1) is 12.8 Å². The molecule has 3 aromatic rings. The van der Waals surface area contributed by atoms with Gasteiger partial charge in [-0.2, -0.15) is 11.3 Å². The minimum atomic E-state index is -0.0703. The first-order chi connectivity index (χ1) is 11.7. The lowest BCUT2D eigenvalue weighted by Crippen LogP contribution is -2.33. The lowest BCUT2D eigenvalue weighted by molar-refractivity contribution is -0.134. The molecule has 0 bridgehead atoms. The Morgan fingerprint density at radius 1 is 1.21 bits per heavy atom. The summed E-state index contributed by atoms with van der Waals surface area (Å²) < 4.78 is 11.0. The molecule has 0 spiro atoms. The molecule has 124 valence electrons. The van der Waals surface area contributed by atoms with Gasteiger partial charge in [0.15, 0.2) is 6.61 Å². The third kappa shape index (κ3) is 4.49. The fraction of sp³-hybridized carbons (Fsp3) is 0.211. The fourth-order valence-electron chi connectivity index (χ4n) is 2.37. The fourth-order valence-corrected chi connectivity index (χ4v) is 3.03. The Hall–Kier alpha value is -2.53. The second kappa shape index (κ2) is 7.84. The highest BCUT2D eigenvalue weighted by Crippen LogP contribution is 2.15. The van der Waals surface area contributed by atoms with Crippen molar-refractivity contribution in [3.8, 4) is 5.75 Å². The maximum absolute atomic E-state index is 12.6. The number of thiophene rings is 1. The molecule has 0 radical (unpaired) electrons. The Bertz CT molecular complexity index is 730. The summed E-state index contributed by atoms with van der Waals surface area (Å²) in [6, 6.07) is 13.4. The number of nitrogens with zero attached hydrogens (tertiary/aromatic N) is 1. The molecule has 1 amide bonds. The number of hydrogen-bond acceptors (Lipinski definition) is 4. The third-order valence-electron chi connectivity index (χ3n) is 3.58. The van der Waals surface area contributed by atoms with Gasteiger partial charge in [-0.3, -0.25) is 4.79 Å². The molecule has 5 heteroatoms. The number of furan rings is 1. The van der Waals surface area contributed by atoms with E-state index in [9.17, 15) is 4.79 Å². The summed E-state index contributed by atoms with van der Waals surface area (Å²) in [6.45, 7) is 2.97. The van der Waals surface area contributed by atoms with E-state index < -0.39 is 0 Å². The molecule has 0 atom stereocenters. The smallest absolute Gasteiger partial charge is 0.261 e. The Kier molecular flexibility index (Phi) is 5.33. The number of aryl methyl sites for hydroxylation is 1. The van der Waals surface area contributed by atoms with Gasteiger partial charge in [-0.05, 0) is 59.1 Å². The van der Waals surface area contributed by atoms with Crippen LogP contribution < -0.4 is 4.74 Å². The molecule has 0 saturated carbocycles. The van der Waals surface area contributed by atoms with Gasteiger partial charge in [0.2, 0.25) is 0 Å². The van der Waals surface area contributed by atoms with Crippen molar-refractivity contribution < 1.29 is 13.9 Å². The number of carbonyl (C=O) groups is 1. The molecule has 4 nitrogen and oxygen atoms in total. The van der Waals surface area contributed by atoms with E-state index in [1.165, 1.54) is 0 Å². The second-order valence-electron chi connectivity index (χ2n) is 5.57.